The van der Waals surface area contributed by atoms with Gasteiger partial charge in [-0.25, -0.2) is 9.50 Å². The number of benzene rings is 1. The molecule has 0 unspecified atom stereocenters. The van der Waals surface area contributed by atoms with E-state index in [-0.39, 0.29) is 0 Å². The molecule has 4 aromatic rings. The first kappa shape index (κ1) is 22.8. The maximum atomic E-state index is 4.85. The van der Waals surface area contributed by atoms with Gasteiger partial charge in [0.1, 0.15) is 0 Å². The molecule has 0 amide bonds. The predicted molar refractivity (Wildman–Crippen MR) is 137 cm³/mol. The van der Waals surface area contributed by atoms with Gasteiger partial charge in [0, 0.05) is 24.7 Å². The molecule has 0 spiro atoms. The van der Waals surface area contributed by atoms with E-state index in [9.17, 15) is 0 Å². The Morgan fingerprint density at radius 1 is 0.882 bits per heavy atom. The number of likely N-dealkylation sites (tertiary alicyclic amines) is 1. The molecule has 4 heterocycles. The van der Waals surface area contributed by atoms with Crippen molar-refractivity contribution < 1.29 is 0 Å². The Labute approximate surface area is 202 Å². The normalized spacial score (nSPS) is 14.4. The molecular weight excluding hydrogens is 420 g/mol. The lowest BCUT2D eigenvalue weighted by Gasteiger charge is -2.13. The van der Waals surface area contributed by atoms with Crippen molar-refractivity contribution in [3.8, 4) is 11.3 Å². The van der Waals surface area contributed by atoms with Gasteiger partial charge in [0.25, 0.3) is 0 Å². The number of unbranched alkanes of at least 4 members (excludes halogenated alkanes) is 2. The summed E-state index contributed by atoms with van der Waals surface area (Å²) in [6, 6.07) is 15.2. The Morgan fingerprint density at radius 3 is 2.53 bits per heavy atom. The molecule has 1 aromatic carbocycles. The zero-order valence-electron chi connectivity index (χ0n) is 20.4. The molecule has 0 aliphatic carbocycles. The van der Waals surface area contributed by atoms with Gasteiger partial charge < -0.3 is 4.90 Å². The summed E-state index contributed by atoms with van der Waals surface area (Å²) in [6.45, 7) is 6.98. The minimum atomic E-state index is 0.742. The summed E-state index contributed by atoms with van der Waals surface area (Å²) in [5.74, 6) is 0.851. The number of hydrogen-bond donors (Lipinski definition) is 0. The second-order valence-electron chi connectivity index (χ2n) is 9.55. The fourth-order valence-electron chi connectivity index (χ4n) is 4.90. The maximum Gasteiger partial charge on any atom is 0.156 e. The topological polar surface area (TPSA) is 51.2 Å². The van der Waals surface area contributed by atoms with Crippen molar-refractivity contribution in [2.75, 3.05) is 19.6 Å². The van der Waals surface area contributed by atoms with Crippen LogP contribution in [0.5, 0.6) is 0 Å². The van der Waals surface area contributed by atoms with Crippen molar-refractivity contribution in [3.05, 3.63) is 71.8 Å². The summed E-state index contributed by atoms with van der Waals surface area (Å²) in [5, 5.41) is 9.40. The number of rotatable bonds is 11. The lowest BCUT2D eigenvalue weighted by molar-refractivity contribution is 0.334. The first-order valence-corrected chi connectivity index (χ1v) is 13.0. The van der Waals surface area contributed by atoms with E-state index in [0.29, 0.717) is 0 Å². The fraction of sp³-hybridized carbons (Fsp3) is 0.464. The summed E-state index contributed by atoms with van der Waals surface area (Å²) in [7, 11) is 0. The molecule has 6 nitrogen and oxygen atoms in total. The van der Waals surface area contributed by atoms with Gasteiger partial charge >= 0.3 is 0 Å². The minimum Gasteiger partial charge on any atom is -0.303 e. The molecule has 0 radical (unpaired) electrons. The molecule has 0 bridgehead atoms. The number of pyridine rings is 1. The lowest BCUT2D eigenvalue weighted by atomic mass is 10.1. The van der Waals surface area contributed by atoms with E-state index < -0.39 is 0 Å². The molecule has 0 atom stereocenters. The van der Waals surface area contributed by atoms with E-state index in [4.69, 9.17) is 10.1 Å². The van der Waals surface area contributed by atoms with E-state index in [1.165, 1.54) is 62.9 Å². The first-order valence-electron chi connectivity index (χ1n) is 13.0. The number of fused-ring (bicyclic) bond motifs is 1. The van der Waals surface area contributed by atoms with Crippen LogP contribution in [-0.2, 0) is 19.4 Å². The highest BCUT2D eigenvalue weighted by molar-refractivity contribution is 5.61. The van der Waals surface area contributed by atoms with Crippen LogP contribution in [0.3, 0.4) is 0 Å². The van der Waals surface area contributed by atoms with E-state index in [1.807, 2.05) is 21.5 Å². The smallest absolute Gasteiger partial charge is 0.156 e. The summed E-state index contributed by atoms with van der Waals surface area (Å²) < 4.78 is 3.99. The van der Waals surface area contributed by atoms with Crippen LogP contribution in [0.2, 0.25) is 0 Å². The molecule has 1 aliphatic rings. The highest BCUT2D eigenvalue weighted by Crippen LogP contribution is 2.21. The van der Waals surface area contributed by atoms with Crippen molar-refractivity contribution >= 4 is 5.65 Å². The molecule has 5 rings (SSSR count). The summed E-state index contributed by atoms with van der Waals surface area (Å²) >= 11 is 0. The van der Waals surface area contributed by atoms with Gasteiger partial charge in [-0.2, -0.15) is 10.2 Å². The molecule has 1 aliphatic heterocycles. The molecule has 1 saturated heterocycles. The van der Waals surface area contributed by atoms with Crippen LogP contribution in [-0.4, -0.2) is 48.9 Å². The third-order valence-electron chi connectivity index (χ3n) is 6.85. The Hall–Kier alpha value is -2.99. The minimum absolute atomic E-state index is 0.742. The zero-order chi connectivity index (χ0) is 23.2. The molecule has 0 saturated carbocycles. The van der Waals surface area contributed by atoms with Crippen molar-refractivity contribution in [2.45, 2.75) is 64.8 Å². The van der Waals surface area contributed by atoms with Gasteiger partial charge in [0.05, 0.1) is 11.9 Å². The summed E-state index contributed by atoms with van der Waals surface area (Å²) in [5.41, 5.74) is 5.67. The monoisotopic (exact) mass is 456 g/mol. The van der Waals surface area contributed by atoms with Crippen molar-refractivity contribution in [3.63, 3.8) is 0 Å². The average Bonchev–Trinajstić information content (AvgIpc) is 3.61. The molecule has 3 aromatic heterocycles. The van der Waals surface area contributed by atoms with Crippen LogP contribution in [0.1, 0.15) is 62.4 Å². The number of aryl methyl sites for hydroxylation is 2. The van der Waals surface area contributed by atoms with Crippen LogP contribution in [0.15, 0.2) is 54.9 Å². The van der Waals surface area contributed by atoms with Gasteiger partial charge in [-0.15, -0.1) is 0 Å². The number of aromatic nitrogens is 5. The van der Waals surface area contributed by atoms with Gasteiger partial charge in [-0.1, -0.05) is 50.1 Å². The Kier molecular flexibility index (Phi) is 7.34. The molecule has 6 heteroatoms. The SMILES string of the molecule is CCCCCn1cc(-c2cccc3nc(Cc4ccc(CCCN5CCCC5)cc4)nn23)cn1. The maximum absolute atomic E-state index is 4.85. The van der Waals surface area contributed by atoms with E-state index in [2.05, 4.69) is 59.5 Å². The third-order valence-corrected chi connectivity index (χ3v) is 6.85. The number of nitrogens with zero attached hydrogens (tertiary/aromatic N) is 6. The van der Waals surface area contributed by atoms with Gasteiger partial charge in [0.2, 0.25) is 0 Å². The molecule has 1 fully saturated rings. The van der Waals surface area contributed by atoms with Crippen LogP contribution in [0.4, 0.5) is 0 Å². The molecule has 0 N–H and O–H groups in total. The third kappa shape index (κ3) is 5.55. The van der Waals surface area contributed by atoms with Crippen molar-refractivity contribution in [2.24, 2.45) is 0 Å². The average molecular weight is 457 g/mol. The van der Waals surface area contributed by atoms with E-state index >= 15 is 0 Å². The second kappa shape index (κ2) is 11.0. The fourth-order valence-corrected chi connectivity index (χ4v) is 4.90. The molecular formula is C28H36N6. The Bertz CT molecular complexity index is 1180. The Morgan fingerprint density at radius 2 is 1.71 bits per heavy atom. The van der Waals surface area contributed by atoms with Crippen LogP contribution < -0.4 is 0 Å². The zero-order valence-corrected chi connectivity index (χ0v) is 20.4. The highest BCUT2D eigenvalue weighted by Gasteiger charge is 2.12. The van der Waals surface area contributed by atoms with Crippen molar-refractivity contribution in [1.82, 2.24) is 29.3 Å². The van der Waals surface area contributed by atoms with E-state index in [0.717, 1.165) is 48.5 Å². The van der Waals surface area contributed by atoms with Crippen molar-refractivity contribution in [1.29, 1.82) is 0 Å². The Balaban J connectivity index is 1.23. The lowest BCUT2D eigenvalue weighted by Crippen LogP contribution is -2.20. The quantitative estimate of drug-likeness (QED) is 0.284. The van der Waals surface area contributed by atoms with Gasteiger partial charge in [-0.3, -0.25) is 4.68 Å². The van der Waals surface area contributed by atoms with Crippen LogP contribution >= 0.6 is 0 Å². The van der Waals surface area contributed by atoms with Crippen LogP contribution in [0.25, 0.3) is 16.9 Å². The number of hydrogen-bond acceptors (Lipinski definition) is 4. The molecule has 178 valence electrons. The standard InChI is InChI=1S/C28H36N6/c1-2-3-4-19-33-22-25(21-29-33)26-10-7-11-28-30-27(31-34(26)28)20-24-14-12-23(13-15-24)9-8-18-32-16-5-6-17-32/h7,10-15,21-22H,2-6,8-9,16-20H2,1H3. The summed E-state index contributed by atoms with van der Waals surface area (Å²) in [4.78, 5) is 7.39. The van der Waals surface area contributed by atoms with Gasteiger partial charge in [0.15, 0.2) is 11.5 Å². The highest BCUT2D eigenvalue weighted by atomic mass is 15.3. The first-order chi connectivity index (χ1) is 16.8. The van der Waals surface area contributed by atoms with E-state index in [1.54, 1.807) is 0 Å². The van der Waals surface area contributed by atoms with Crippen LogP contribution in [0, 0.1) is 0 Å². The molecule has 34 heavy (non-hydrogen) atoms. The van der Waals surface area contributed by atoms with Gasteiger partial charge in [-0.05, 0) is 75.0 Å². The summed E-state index contributed by atoms with van der Waals surface area (Å²) in [6.07, 6.45) is 13.5. The second-order valence-corrected chi connectivity index (χ2v) is 9.55. The largest absolute Gasteiger partial charge is 0.303 e. The predicted octanol–water partition coefficient (Wildman–Crippen LogP) is 5.40.